The molecule has 3 N–H and O–H groups in total. The number of aliphatic hydroxyl groups is 1. The van der Waals surface area contributed by atoms with Crippen LogP contribution in [0.3, 0.4) is 0 Å². The summed E-state index contributed by atoms with van der Waals surface area (Å²) in [5.41, 5.74) is 1.76. The van der Waals surface area contributed by atoms with Gasteiger partial charge in [-0.25, -0.2) is 0 Å². The van der Waals surface area contributed by atoms with Crippen molar-refractivity contribution < 1.29 is 14.7 Å². The van der Waals surface area contributed by atoms with Crippen LogP contribution in [0.15, 0.2) is 24.3 Å². The van der Waals surface area contributed by atoms with Gasteiger partial charge in [-0.15, -0.1) is 0 Å². The second-order valence-electron chi connectivity index (χ2n) is 5.26. The third-order valence-corrected chi connectivity index (χ3v) is 2.61. The molecule has 0 aliphatic heterocycles. The molecule has 1 aromatic carbocycles. The SMILES string of the molecule is CC(C)(C)c1ccc(NC(=O)C(=O)NCCO)cc1. The lowest BCUT2D eigenvalue weighted by Gasteiger charge is -2.19. The first-order valence-electron chi connectivity index (χ1n) is 6.15. The topological polar surface area (TPSA) is 78.4 Å². The molecular weight excluding hydrogens is 244 g/mol. The maximum Gasteiger partial charge on any atom is 0.313 e. The Hall–Kier alpha value is -1.88. The van der Waals surface area contributed by atoms with Gasteiger partial charge in [-0.3, -0.25) is 9.59 Å². The number of carbonyl (C=O) groups excluding carboxylic acids is 2. The Balaban J connectivity index is 2.63. The van der Waals surface area contributed by atoms with Gasteiger partial charge in [-0.2, -0.15) is 0 Å². The van der Waals surface area contributed by atoms with Gasteiger partial charge in [-0.1, -0.05) is 32.9 Å². The van der Waals surface area contributed by atoms with Gasteiger partial charge in [0.1, 0.15) is 0 Å². The Morgan fingerprint density at radius 2 is 1.68 bits per heavy atom. The molecule has 1 rings (SSSR count). The fourth-order valence-electron chi connectivity index (χ4n) is 1.49. The number of amides is 2. The number of carbonyl (C=O) groups is 2. The van der Waals surface area contributed by atoms with Crippen LogP contribution in [0.25, 0.3) is 0 Å². The molecule has 0 fully saturated rings. The molecule has 0 radical (unpaired) electrons. The third kappa shape index (κ3) is 4.71. The normalized spacial score (nSPS) is 10.9. The van der Waals surface area contributed by atoms with Gasteiger partial charge in [0, 0.05) is 12.2 Å². The molecule has 0 heterocycles. The lowest BCUT2D eigenvalue weighted by molar-refractivity contribution is -0.136. The lowest BCUT2D eigenvalue weighted by Crippen LogP contribution is -2.36. The summed E-state index contributed by atoms with van der Waals surface area (Å²) in [5, 5.41) is 13.3. The second kappa shape index (κ2) is 6.33. The summed E-state index contributed by atoms with van der Waals surface area (Å²) in [5.74, 6) is -1.49. The van der Waals surface area contributed by atoms with E-state index < -0.39 is 11.8 Å². The largest absolute Gasteiger partial charge is 0.395 e. The highest BCUT2D eigenvalue weighted by Crippen LogP contribution is 2.23. The highest BCUT2D eigenvalue weighted by molar-refractivity contribution is 6.39. The monoisotopic (exact) mass is 264 g/mol. The molecule has 0 atom stereocenters. The van der Waals surface area contributed by atoms with Gasteiger partial charge < -0.3 is 15.7 Å². The van der Waals surface area contributed by atoms with Gasteiger partial charge in [-0.05, 0) is 23.1 Å². The highest BCUT2D eigenvalue weighted by atomic mass is 16.3. The molecule has 2 amide bonds. The standard InChI is InChI=1S/C14H20N2O3/c1-14(2,3)10-4-6-11(7-5-10)16-13(19)12(18)15-8-9-17/h4-7,17H,8-9H2,1-3H3,(H,15,18)(H,16,19). The van der Waals surface area contributed by atoms with Gasteiger partial charge in [0.25, 0.3) is 0 Å². The van der Waals surface area contributed by atoms with Crippen LogP contribution in [0.2, 0.25) is 0 Å². The number of benzene rings is 1. The first kappa shape index (κ1) is 15.2. The van der Waals surface area contributed by atoms with E-state index in [2.05, 4.69) is 31.4 Å². The van der Waals surface area contributed by atoms with Crippen molar-refractivity contribution in [1.29, 1.82) is 0 Å². The van der Waals surface area contributed by atoms with Crippen LogP contribution in [-0.4, -0.2) is 30.1 Å². The van der Waals surface area contributed by atoms with Crippen LogP contribution >= 0.6 is 0 Å². The van der Waals surface area contributed by atoms with E-state index in [1.807, 2.05) is 12.1 Å². The molecule has 0 bridgehead atoms. The molecule has 0 saturated carbocycles. The number of hydrogen-bond donors (Lipinski definition) is 3. The summed E-state index contributed by atoms with van der Waals surface area (Å²) in [6, 6.07) is 7.36. The van der Waals surface area contributed by atoms with Crippen molar-refractivity contribution in [2.24, 2.45) is 0 Å². The molecule has 0 aliphatic carbocycles. The molecule has 0 aliphatic rings. The molecule has 1 aromatic rings. The molecule has 0 saturated heterocycles. The summed E-state index contributed by atoms with van der Waals surface area (Å²) in [6.45, 7) is 6.17. The Morgan fingerprint density at radius 1 is 1.11 bits per heavy atom. The zero-order valence-corrected chi connectivity index (χ0v) is 11.5. The van der Waals surface area contributed by atoms with E-state index in [-0.39, 0.29) is 18.6 Å². The van der Waals surface area contributed by atoms with Crippen molar-refractivity contribution in [3.05, 3.63) is 29.8 Å². The van der Waals surface area contributed by atoms with Crippen molar-refractivity contribution in [2.75, 3.05) is 18.5 Å². The number of nitrogens with one attached hydrogen (secondary N) is 2. The summed E-state index contributed by atoms with van der Waals surface area (Å²) >= 11 is 0. The van der Waals surface area contributed by atoms with Crippen molar-refractivity contribution in [3.8, 4) is 0 Å². The average Bonchev–Trinajstić information content (AvgIpc) is 2.35. The number of anilines is 1. The fraction of sp³-hybridized carbons (Fsp3) is 0.429. The van der Waals surface area contributed by atoms with Crippen LogP contribution in [0.4, 0.5) is 5.69 Å². The smallest absolute Gasteiger partial charge is 0.313 e. The van der Waals surface area contributed by atoms with E-state index in [9.17, 15) is 9.59 Å². The first-order chi connectivity index (χ1) is 8.84. The maximum absolute atomic E-state index is 11.5. The fourth-order valence-corrected chi connectivity index (χ4v) is 1.49. The Morgan fingerprint density at radius 3 is 2.16 bits per heavy atom. The Bertz CT molecular complexity index is 447. The highest BCUT2D eigenvalue weighted by Gasteiger charge is 2.15. The van der Waals surface area contributed by atoms with E-state index in [1.165, 1.54) is 0 Å². The van der Waals surface area contributed by atoms with E-state index >= 15 is 0 Å². The maximum atomic E-state index is 11.5. The molecule has 5 heteroatoms. The molecular formula is C14H20N2O3. The van der Waals surface area contributed by atoms with Crippen molar-refractivity contribution >= 4 is 17.5 Å². The van der Waals surface area contributed by atoms with Gasteiger partial charge in [0.15, 0.2) is 0 Å². The van der Waals surface area contributed by atoms with E-state index in [0.29, 0.717) is 5.69 Å². The van der Waals surface area contributed by atoms with Gasteiger partial charge in [0.2, 0.25) is 0 Å². The van der Waals surface area contributed by atoms with Gasteiger partial charge in [0.05, 0.1) is 6.61 Å². The van der Waals surface area contributed by atoms with Gasteiger partial charge >= 0.3 is 11.8 Å². The van der Waals surface area contributed by atoms with Crippen LogP contribution in [0, 0.1) is 0 Å². The first-order valence-corrected chi connectivity index (χ1v) is 6.15. The van der Waals surface area contributed by atoms with Crippen molar-refractivity contribution in [1.82, 2.24) is 5.32 Å². The number of aliphatic hydroxyl groups excluding tert-OH is 1. The van der Waals surface area contributed by atoms with E-state index in [0.717, 1.165) is 5.56 Å². The minimum absolute atomic E-state index is 0.0427. The van der Waals surface area contributed by atoms with Crippen LogP contribution in [0.5, 0.6) is 0 Å². The predicted octanol–water partition coefficient (Wildman–Crippen LogP) is 1.03. The Kier molecular flexibility index (Phi) is 5.06. The third-order valence-electron chi connectivity index (χ3n) is 2.61. The van der Waals surface area contributed by atoms with Crippen molar-refractivity contribution in [2.45, 2.75) is 26.2 Å². The minimum Gasteiger partial charge on any atom is -0.395 e. The Labute approximate surface area is 113 Å². The predicted molar refractivity (Wildman–Crippen MR) is 73.9 cm³/mol. The number of rotatable bonds is 3. The average molecular weight is 264 g/mol. The van der Waals surface area contributed by atoms with Crippen LogP contribution in [-0.2, 0) is 15.0 Å². The molecule has 0 unspecified atom stereocenters. The quantitative estimate of drug-likeness (QED) is 0.713. The van der Waals surface area contributed by atoms with Crippen molar-refractivity contribution in [3.63, 3.8) is 0 Å². The molecule has 5 nitrogen and oxygen atoms in total. The second-order valence-corrected chi connectivity index (χ2v) is 5.26. The molecule has 104 valence electrons. The summed E-state index contributed by atoms with van der Waals surface area (Å²) < 4.78 is 0. The van der Waals surface area contributed by atoms with Crippen LogP contribution in [0.1, 0.15) is 26.3 Å². The lowest BCUT2D eigenvalue weighted by atomic mass is 9.87. The zero-order valence-electron chi connectivity index (χ0n) is 11.5. The van der Waals surface area contributed by atoms with Crippen LogP contribution < -0.4 is 10.6 Å². The molecule has 0 spiro atoms. The molecule has 0 aromatic heterocycles. The minimum atomic E-state index is -0.756. The van der Waals surface area contributed by atoms with E-state index in [4.69, 9.17) is 5.11 Å². The summed E-state index contributed by atoms with van der Waals surface area (Å²) in [6.07, 6.45) is 0. The summed E-state index contributed by atoms with van der Waals surface area (Å²) in [4.78, 5) is 22.8. The van der Waals surface area contributed by atoms with E-state index in [1.54, 1.807) is 12.1 Å². The molecule has 19 heavy (non-hydrogen) atoms. The summed E-state index contributed by atoms with van der Waals surface area (Å²) in [7, 11) is 0. The zero-order chi connectivity index (χ0) is 14.5. The number of hydrogen-bond acceptors (Lipinski definition) is 3.